The van der Waals surface area contributed by atoms with E-state index in [0.29, 0.717) is 22.6 Å². The van der Waals surface area contributed by atoms with Crippen molar-refractivity contribution in [2.75, 3.05) is 20.9 Å². The average molecular weight is 614 g/mol. The van der Waals surface area contributed by atoms with Gasteiger partial charge >= 0.3 is 0 Å². The number of amides is 1. The first-order valence-electron chi connectivity index (χ1n) is 13.4. The first kappa shape index (κ1) is 28.3. The molecule has 9 nitrogen and oxygen atoms in total. The van der Waals surface area contributed by atoms with E-state index in [4.69, 9.17) is 4.74 Å². The number of carbonyl (C=O) groups excluding carboxylic acids is 1. The Morgan fingerprint density at radius 3 is 2.23 bits per heavy atom. The highest BCUT2D eigenvalue weighted by Gasteiger charge is 2.36. The zero-order chi connectivity index (χ0) is 30.0. The second-order valence-corrected chi connectivity index (χ2v) is 13.6. The zero-order valence-electron chi connectivity index (χ0n) is 22.8. The Morgan fingerprint density at radius 1 is 0.767 bits per heavy atom. The number of nitrogens with one attached hydrogen (secondary N) is 2. The summed E-state index contributed by atoms with van der Waals surface area (Å²) in [6, 6.07) is 34.0. The summed E-state index contributed by atoms with van der Waals surface area (Å²) in [4.78, 5) is 13.3. The molecule has 1 amide bonds. The summed E-state index contributed by atoms with van der Waals surface area (Å²) in [6.45, 7) is -0.223. The van der Waals surface area contributed by atoms with Gasteiger partial charge in [0.25, 0.3) is 15.9 Å². The molecule has 0 aromatic heterocycles. The molecule has 0 spiro atoms. The van der Waals surface area contributed by atoms with Gasteiger partial charge in [-0.1, -0.05) is 78.9 Å². The van der Waals surface area contributed by atoms with Crippen LogP contribution in [0.3, 0.4) is 0 Å². The lowest BCUT2D eigenvalue weighted by molar-refractivity contribution is -0.122. The van der Waals surface area contributed by atoms with Gasteiger partial charge in [-0.2, -0.15) is 0 Å². The van der Waals surface area contributed by atoms with Crippen LogP contribution in [0.2, 0.25) is 0 Å². The van der Waals surface area contributed by atoms with Crippen molar-refractivity contribution in [3.8, 4) is 5.75 Å². The van der Waals surface area contributed by atoms with Gasteiger partial charge in [-0.3, -0.25) is 13.8 Å². The van der Waals surface area contributed by atoms with Crippen LogP contribution in [0.5, 0.6) is 5.75 Å². The van der Waals surface area contributed by atoms with Crippen LogP contribution in [0, 0.1) is 0 Å². The highest BCUT2D eigenvalue weighted by atomic mass is 32.2. The molecule has 5 aromatic carbocycles. The van der Waals surface area contributed by atoms with Crippen molar-refractivity contribution in [3.63, 3.8) is 0 Å². The smallest absolute Gasteiger partial charge is 0.267 e. The fraction of sp³-hybridized carbons (Fsp3) is 0.0938. The van der Waals surface area contributed by atoms with Crippen molar-refractivity contribution >= 4 is 53.8 Å². The van der Waals surface area contributed by atoms with Gasteiger partial charge in [0.05, 0.1) is 28.6 Å². The van der Waals surface area contributed by atoms with Crippen LogP contribution in [0.25, 0.3) is 10.8 Å². The Balaban J connectivity index is 1.18. The molecule has 0 unspecified atom stereocenters. The molecule has 0 fully saturated rings. The maximum atomic E-state index is 13.5. The lowest BCUT2D eigenvalue weighted by atomic mass is 10.1. The van der Waals surface area contributed by atoms with Crippen molar-refractivity contribution in [2.24, 2.45) is 0 Å². The van der Waals surface area contributed by atoms with Crippen LogP contribution in [0.1, 0.15) is 5.56 Å². The molecule has 0 aliphatic carbocycles. The minimum atomic E-state index is -3.91. The zero-order valence-corrected chi connectivity index (χ0v) is 24.4. The van der Waals surface area contributed by atoms with Gasteiger partial charge in [-0.15, -0.1) is 0 Å². The molecule has 0 saturated carbocycles. The van der Waals surface area contributed by atoms with Gasteiger partial charge in [-0.05, 0) is 53.4 Å². The third-order valence-electron chi connectivity index (χ3n) is 7.02. The van der Waals surface area contributed by atoms with Crippen molar-refractivity contribution < 1.29 is 26.4 Å². The molecule has 1 heterocycles. The van der Waals surface area contributed by atoms with Crippen molar-refractivity contribution in [3.05, 3.63) is 127 Å². The quantitative estimate of drug-likeness (QED) is 0.243. The van der Waals surface area contributed by atoms with Crippen molar-refractivity contribution in [2.45, 2.75) is 16.8 Å². The number of ether oxygens (including phenoxy) is 1. The second kappa shape index (κ2) is 11.4. The predicted octanol–water partition coefficient (Wildman–Crippen LogP) is 5.38. The van der Waals surface area contributed by atoms with E-state index in [-0.39, 0.29) is 22.9 Å². The standard InChI is InChI=1S/C32H27N3O6S2/c36-32(31-21-35(29-15-6-7-16-30(29)41-31)42(37,38)22-23-9-2-1-3-10-23)33-25-17-19-26(20-18-25)43(39,40)34-28-14-8-12-24-11-4-5-13-27(24)28/h1-20,31,34H,21-22H2,(H,33,36)/t31-/m0/s1. The molecule has 1 atom stereocenters. The molecular formula is C32H27N3O6S2. The Bertz CT molecular complexity index is 2010. The van der Waals surface area contributed by atoms with Crippen LogP contribution in [0.4, 0.5) is 17.1 Å². The molecule has 0 bridgehead atoms. The largest absolute Gasteiger partial charge is 0.476 e. The maximum absolute atomic E-state index is 13.5. The van der Waals surface area contributed by atoms with E-state index in [1.54, 1.807) is 60.7 Å². The molecule has 1 aliphatic heterocycles. The molecule has 1 aliphatic rings. The van der Waals surface area contributed by atoms with Crippen molar-refractivity contribution in [1.29, 1.82) is 0 Å². The maximum Gasteiger partial charge on any atom is 0.267 e. The van der Waals surface area contributed by atoms with E-state index < -0.39 is 32.1 Å². The van der Waals surface area contributed by atoms with E-state index in [1.807, 2.05) is 36.4 Å². The lowest BCUT2D eigenvalue weighted by Gasteiger charge is -2.34. The number of fused-ring (bicyclic) bond motifs is 2. The van der Waals surface area contributed by atoms with Crippen LogP contribution in [-0.2, 0) is 30.6 Å². The lowest BCUT2D eigenvalue weighted by Crippen LogP contribution is -2.49. The minimum Gasteiger partial charge on any atom is -0.476 e. The monoisotopic (exact) mass is 613 g/mol. The summed E-state index contributed by atoms with van der Waals surface area (Å²) >= 11 is 0. The molecule has 218 valence electrons. The molecule has 0 saturated heterocycles. The van der Waals surface area contributed by atoms with E-state index in [1.165, 1.54) is 28.6 Å². The number of benzene rings is 5. The number of para-hydroxylation sites is 2. The number of anilines is 3. The summed E-state index contributed by atoms with van der Waals surface area (Å²) in [5, 5.41) is 4.39. The molecular weight excluding hydrogens is 587 g/mol. The molecule has 11 heteroatoms. The third kappa shape index (κ3) is 6.04. The summed E-state index contributed by atoms with van der Waals surface area (Å²) in [7, 11) is -7.77. The highest BCUT2D eigenvalue weighted by Crippen LogP contribution is 2.36. The van der Waals surface area contributed by atoms with E-state index in [0.717, 1.165) is 10.8 Å². The van der Waals surface area contributed by atoms with E-state index in [9.17, 15) is 21.6 Å². The molecule has 6 rings (SSSR count). The van der Waals surface area contributed by atoms with Crippen LogP contribution >= 0.6 is 0 Å². The van der Waals surface area contributed by atoms with E-state index >= 15 is 0 Å². The second-order valence-electron chi connectivity index (χ2n) is 9.99. The first-order chi connectivity index (χ1) is 20.7. The predicted molar refractivity (Wildman–Crippen MR) is 167 cm³/mol. The van der Waals surface area contributed by atoms with Gasteiger partial charge in [0, 0.05) is 11.1 Å². The fourth-order valence-electron chi connectivity index (χ4n) is 4.92. The van der Waals surface area contributed by atoms with Crippen molar-refractivity contribution in [1.82, 2.24) is 0 Å². The summed E-state index contributed by atoms with van der Waals surface area (Å²) in [6.07, 6.45) is -1.14. The highest BCUT2D eigenvalue weighted by molar-refractivity contribution is 7.92. The molecule has 2 N–H and O–H groups in total. The van der Waals surface area contributed by atoms with Gasteiger partial charge in [0.15, 0.2) is 6.10 Å². The number of hydrogen-bond donors (Lipinski definition) is 2. The topological polar surface area (TPSA) is 122 Å². The number of sulfonamides is 2. The SMILES string of the molecule is O=C(Nc1ccc(S(=O)(=O)Nc2cccc3ccccc23)cc1)[C@@H]1CN(S(=O)(=O)Cc2ccccc2)c2ccccc2O1. The van der Waals surface area contributed by atoms with E-state index in [2.05, 4.69) is 10.0 Å². The molecule has 5 aromatic rings. The molecule has 43 heavy (non-hydrogen) atoms. The number of hydrogen-bond acceptors (Lipinski definition) is 6. The van der Waals surface area contributed by atoms with Gasteiger partial charge in [-0.25, -0.2) is 16.8 Å². The third-order valence-corrected chi connectivity index (χ3v) is 10.1. The number of carbonyl (C=O) groups is 1. The normalized spacial score (nSPS) is 14.9. The van der Waals surface area contributed by atoms with Crippen LogP contribution < -0.4 is 19.1 Å². The first-order valence-corrected chi connectivity index (χ1v) is 16.5. The van der Waals surface area contributed by atoms with Gasteiger partial charge < -0.3 is 10.1 Å². The summed E-state index contributed by atoms with van der Waals surface area (Å²) in [5.41, 5.74) is 1.76. The summed E-state index contributed by atoms with van der Waals surface area (Å²) in [5.74, 6) is -0.537. The number of nitrogens with zero attached hydrogens (tertiary/aromatic N) is 1. The Labute approximate surface area is 249 Å². The Kier molecular flexibility index (Phi) is 7.51. The molecule has 0 radical (unpaired) electrons. The number of rotatable bonds is 8. The van der Waals surface area contributed by atoms with Crippen LogP contribution in [0.15, 0.2) is 126 Å². The van der Waals surface area contributed by atoms with Crippen LogP contribution in [-0.4, -0.2) is 35.4 Å². The summed E-state index contributed by atoms with van der Waals surface area (Å²) < 4.78 is 62.9. The van der Waals surface area contributed by atoms with Gasteiger partial charge in [0.2, 0.25) is 10.0 Å². The average Bonchev–Trinajstić information content (AvgIpc) is 3.01. The fourth-order valence-corrected chi connectivity index (χ4v) is 7.59. The van der Waals surface area contributed by atoms with Gasteiger partial charge in [0.1, 0.15) is 5.75 Å². The Hall–Kier alpha value is -4.87. The Morgan fingerprint density at radius 2 is 1.44 bits per heavy atom. The minimum absolute atomic E-state index is 0.0134.